The van der Waals surface area contributed by atoms with Crippen molar-refractivity contribution in [2.24, 2.45) is 0 Å². The second kappa shape index (κ2) is 5.75. The summed E-state index contributed by atoms with van der Waals surface area (Å²) >= 11 is 1.70. The van der Waals surface area contributed by atoms with Gasteiger partial charge in [-0.15, -0.1) is 11.3 Å². The number of piperazine rings is 2. The molecule has 3 rings (SSSR count). The molecule has 6 nitrogen and oxygen atoms in total. The molecule has 2 saturated heterocycles. The summed E-state index contributed by atoms with van der Waals surface area (Å²) in [6.45, 7) is 4.16. The predicted molar refractivity (Wildman–Crippen MR) is 78.7 cm³/mol. The summed E-state index contributed by atoms with van der Waals surface area (Å²) < 4.78 is 0. The van der Waals surface area contributed by atoms with Crippen LogP contribution in [0.3, 0.4) is 0 Å². The van der Waals surface area contributed by atoms with Crippen molar-refractivity contribution in [3.63, 3.8) is 0 Å². The van der Waals surface area contributed by atoms with Crippen molar-refractivity contribution in [3.05, 3.63) is 22.4 Å². The van der Waals surface area contributed by atoms with E-state index in [-0.39, 0.29) is 11.8 Å². The lowest BCUT2D eigenvalue weighted by atomic mass is 10.0. The number of carbonyl (C=O) groups excluding carboxylic acids is 2. The number of hydrogen-bond donors (Lipinski definition) is 2. The van der Waals surface area contributed by atoms with Crippen LogP contribution in [0.2, 0.25) is 0 Å². The number of thiophene rings is 1. The van der Waals surface area contributed by atoms with Gasteiger partial charge in [0, 0.05) is 31.1 Å². The Morgan fingerprint density at radius 3 is 2.95 bits per heavy atom. The summed E-state index contributed by atoms with van der Waals surface area (Å²) in [4.78, 5) is 29.6. The zero-order valence-electron chi connectivity index (χ0n) is 11.9. The molecule has 2 aliphatic rings. The molecule has 3 atom stereocenters. The normalized spacial score (nSPS) is 28.2. The minimum Gasteiger partial charge on any atom is -0.391 e. The molecule has 0 saturated carbocycles. The van der Waals surface area contributed by atoms with Crippen LogP contribution in [0.15, 0.2) is 17.5 Å². The van der Waals surface area contributed by atoms with Crippen molar-refractivity contribution in [1.29, 1.82) is 0 Å². The first-order chi connectivity index (χ1) is 10.1. The Balaban J connectivity index is 1.69. The van der Waals surface area contributed by atoms with Crippen LogP contribution in [-0.4, -0.2) is 64.5 Å². The maximum absolute atomic E-state index is 12.3. The maximum Gasteiger partial charge on any atom is 0.248 e. The molecule has 2 N–H and O–H groups in total. The van der Waals surface area contributed by atoms with Crippen LogP contribution in [0.25, 0.3) is 0 Å². The monoisotopic (exact) mass is 309 g/mol. The van der Waals surface area contributed by atoms with E-state index in [1.807, 2.05) is 11.4 Å². The quantitative estimate of drug-likeness (QED) is 0.800. The third-order valence-corrected chi connectivity index (χ3v) is 4.92. The summed E-state index contributed by atoms with van der Waals surface area (Å²) in [5, 5.41) is 14.3. The zero-order valence-corrected chi connectivity index (χ0v) is 12.7. The molecule has 1 aromatic heterocycles. The van der Waals surface area contributed by atoms with Gasteiger partial charge in [0.05, 0.1) is 6.10 Å². The van der Waals surface area contributed by atoms with E-state index >= 15 is 0 Å². The van der Waals surface area contributed by atoms with Gasteiger partial charge in [-0.3, -0.25) is 14.5 Å². The SMILES string of the molecule is C[C@@H](O)[C@@H]1NC(=O)[C@H]2CN(Cc3cccs3)CCN2C1=O. The highest BCUT2D eigenvalue weighted by molar-refractivity contribution is 7.09. The van der Waals surface area contributed by atoms with Gasteiger partial charge in [0.15, 0.2) is 0 Å². The average Bonchev–Trinajstić information content (AvgIpc) is 2.95. The zero-order chi connectivity index (χ0) is 15.0. The van der Waals surface area contributed by atoms with Crippen LogP contribution < -0.4 is 5.32 Å². The van der Waals surface area contributed by atoms with E-state index in [1.54, 1.807) is 16.2 Å². The average molecular weight is 309 g/mol. The van der Waals surface area contributed by atoms with E-state index in [4.69, 9.17) is 0 Å². The minimum atomic E-state index is -0.869. The number of amides is 2. The molecular formula is C14H19N3O3S. The lowest BCUT2D eigenvalue weighted by Crippen LogP contribution is -2.70. The van der Waals surface area contributed by atoms with E-state index < -0.39 is 18.2 Å². The summed E-state index contributed by atoms with van der Waals surface area (Å²) in [7, 11) is 0. The number of hydrogen-bond acceptors (Lipinski definition) is 5. The molecule has 2 aliphatic heterocycles. The van der Waals surface area contributed by atoms with Crippen molar-refractivity contribution in [2.75, 3.05) is 19.6 Å². The lowest BCUT2D eigenvalue weighted by molar-refractivity contribution is -0.156. The molecule has 114 valence electrons. The van der Waals surface area contributed by atoms with Crippen LogP contribution >= 0.6 is 11.3 Å². The van der Waals surface area contributed by atoms with Crippen molar-refractivity contribution in [3.8, 4) is 0 Å². The minimum absolute atomic E-state index is 0.170. The Morgan fingerprint density at radius 2 is 2.29 bits per heavy atom. The molecule has 21 heavy (non-hydrogen) atoms. The van der Waals surface area contributed by atoms with Gasteiger partial charge in [0.25, 0.3) is 0 Å². The number of aliphatic hydroxyl groups excluding tert-OH is 1. The Hall–Kier alpha value is -1.44. The fourth-order valence-corrected chi connectivity index (χ4v) is 3.66. The molecule has 0 bridgehead atoms. The van der Waals surface area contributed by atoms with Crippen molar-refractivity contribution < 1.29 is 14.7 Å². The van der Waals surface area contributed by atoms with Gasteiger partial charge in [0.2, 0.25) is 11.8 Å². The Morgan fingerprint density at radius 1 is 1.48 bits per heavy atom. The van der Waals surface area contributed by atoms with E-state index in [2.05, 4.69) is 16.3 Å². The molecule has 1 aromatic rings. The molecular weight excluding hydrogens is 290 g/mol. The highest BCUT2D eigenvalue weighted by Gasteiger charge is 2.44. The first kappa shape index (κ1) is 14.5. The second-order valence-corrected chi connectivity index (χ2v) is 6.62. The molecule has 3 heterocycles. The lowest BCUT2D eigenvalue weighted by Gasteiger charge is -2.45. The number of fused-ring (bicyclic) bond motifs is 1. The van der Waals surface area contributed by atoms with Gasteiger partial charge in [-0.05, 0) is 18.4 Å². The van der Waals surface area contributed by atoms with Crippen molar-refractivity contribution in [2.45, 2.75) is 31.7 Å². The number of nitrogens with one attached hydrogen (secondary N) is 1. The first-order valence-electron chi connectivity index (χ1n) is 7.10. The van der Waals surface area contributed by atoms with Gasteiger partial charge < -0.3 is 15.3 Å². The van der Waals surface area contributed by atoms with E-state index in [0.29, 0.717) is 13.1 Å². The predicted octanol–water partition coefficient (Wildman–Crippen LogP) is -0.360. The number of aliphatic hydroxyl groups is 1. The molecule has 0 unspecified atom stereocenters. The molecule has 0 aromatic carbocycles. The topological polar surface area (TPSA) is 72.9 Å². The summed E-state index contributed by atoms with van der Waals surface area (Å²) in [5.41, 5.74) is 0. The van der Waals surface area contributed by atoms with Gasteiger partial charge in [-0.25, -0.2) is 0 Å². The van der Waals surface area contributed by atoms with Gasteiger partial charge in [-0.2, -0.15) is 0 Å². The summed E-state index contributed by atoms with van der Waals surface area (Å²) in [5.74, 6) is -0.346. The van der Waals surface area contributed by atoms with E-state index in [9.17, 15) is 14.7 Å². The number of carbonyl (C=O) groups is 2. The van der Waals surface area contributed by atoms with Crippen LogP contribution in [0, 0.1) is 0 Å². The van der Waals surface area contributed by atoms with Crippen LogP contribution in [0.5, 0.6) is 0 Å². The molecule has 0 aliphatic carbocycles. The fourth-order valence-electron chi connectivity index (χ4n) is 2.91. The summed E-state index contributed by atoms with van der Waals surface area (Å²) in [6.07, 6.45) is -0.869. The first-order valence-corrected chi connectivity index (χ1v) is 7.98. The standard InChI is InChI=1S/C14H19N3O3S/c1-9(18)12-14(20)17-5-4-16(7-10-3-2-6-21-10)8-11(17)13(19)15-12/h2-3,6,9,11-12,18H,4-5,7-8H2,1H3,(H,15,19)/t9-,11-,12+/m1/s1. The second-order valence-electron chi connectivity index (χ2n) is 5.59. The van der Waals surface area contributed by atoms with Crippen molar-refractivity contribution in [1.82, 2.24) is 15.1 Å². The highest BCUT2D eigenvalue weighted by atomic mass is 32.1. The molecule has 7 heteroatoms. The largest absolute Gasteiger partial charge is 0.391 e. The molecule has 0 spiro atoms. The fraction of sp³-hybridized carbons (Fsp3) is 0.571. The van der Waals surface area contributed by atoms with Crippen LogP contribution in [-0.2, 0) is 16.1 Å². The number of rotatable bonds is 3. The van der Waals surface area contributed by atoms with Gasteiger partial charge in [0.1, 0.15) is 12.1 Å². The van der Waals surface area contributed by atoms with Gasteiger partial charge in [-0.1, -0.05) is 6.07 Å². The Kier molecular flexibility index (Phi) is 3.97. The smallest absolute Gasteiger partial charge is 0.248 e. The Labute approximate surface area is 127 Å². The molecule has 2 amide bonds. The molecule has 0 radical (unpaired) electrons. The Bertz CT molecular complexity index is 532. The van der Waals surface area contributed by atoms with E-state index in [0.717, 1.165) is 13.1 Å². The van der Waals surface area contributed by atoms with E-state index in [1.165, 1.54) is 11.8 Å². The maximum atomic E-state index is 12.3. The van der Waals surface area contributed by atoms with Gasteiger partial charge >= 0.3 is 0 Å². The third kappa shape index (κ3) is 2.81. The number of nitrogens with zero attached hydrogens (tertiary/aromatic N) is 2. The summed E-state index contributed by atoms with van der Waals surface area (Å²) in [6, 6.07) is 2.84. The van der Waals surface area contributed by atoms with Crippen molar-refractivity contribution >= 4 is 23.2 Å². The third-order valence-electron chi connectivity index (χ3n) is 4.06. The van der Waals surface area contributed by atoms with Crippen LogP contribution in [0.1, 0.15) is 11.8 Å². The molecule has 2 fully saturated rings. The van der Waals surface area contributed by atoms with Crippen LogP contribution in [0.4, 0.5) is 0 Å². The highest BCUT2D eigenvalue weighted by Crippen LogP contribution is 2.20.